The van der Waals surface area contributed by atoms with Crippen LogP contribution < -0.4 is 4.90 Å². The molecular formula is C30H36F3N3O4. The number of carbonyl (C=O) groups is 2. The van der Waals surface area contributed by atoms with E-state index in [0.717, 1.165) is 36.2 Å². The van der Waals surface area contributed by atoms with Crippen LogP contribution in [0.4, 0.5) is 23.7 Å². The van der Waals surface area contributed by atoms with Crippen molar-refractivity contribution in [3.63, 3.8) is 0 Å². The number of hydrogen-bond acceptors (Lipinski definition) is 5. The number of carbonyl (C=O) groups excluding carboxylic acids is 2. The maximum absolute atomic E-state index is 13.2. The first-order chi connectivity index (χ1) is 19.1. The molecular weight excluding hydrogens is 523 g/mol. The number of alkyl halides is 3. The SMILES string of the molecule is CCCCOC(=O)N1CCC(O)(c2ccc(C(=O)N3CC4CN(c5ccc(C(F)(F)F)cc5)CC4C3)cc2)CC1. The van der Waals surface area contributed by atoms with Gasteiger partial charge in [0.1, 0.15) is 0 Å². The molecule has 0 bridgehead atoms. The molecule has 2 aromatic rings. The number of halogens is 3. The predicted octanol–water partition coefficient (Wildman–Crippen LogP) is 5.13. The lowest BCUT2D eigenvalue weighted by atomic mass is 9.84. The minimum Gasteiger partial charge on any atom is -0.449 e. The molecule has 3 aliphatic rings. The van der Waals surface area contributed by atoms with Crippen LogP contribution in [0.15, 0.2) is 48.5 Å². The molecule has 40 heavy (non-hydrogen) atoms. The Morgan fingerprint density at radius 1 is 0.925 bits per heavy atom. The first kappa shape index (κ1) is 28.3. The van der Waals surface area contributed by atoms with Gasteiger partial charge in [-0.3, -0.25) is 4.79 Å². The molecule has 3 heterocycles. The van der Waals surface area contributed by atoms with Crippen LogP contribution in [0.2, 0.25) is 0 Å². The summed E-state index contributed by atoms with van der Waals surface area (Å²) in [6, 6.07) is 12.4. The molecule has 0 radical (unpaired) electrons. The molecule has 3 saturated heterocycles. The Hall–Kier alpha value is -3.27. The maximum Gasteiger partial charge on any atom is 0.416 e. The van der Waals surface area contributed by atoms with Gasteiger partial charge < -0.3 is 24.5 Å². The lowest BCUT2D eigenvalue weighted by molar-refractivity contribution is -0.137. The number of nitrogens with zero attached hydrogens (tertiary/aromatic N) is 3. The van der Waals surface area contributed by atoms with Gasteiger partial charge in [0.05, 0.1) is 17.8 Å². The molecule has 2 unspecified atom stereocenters. The number of fused-ring (bicyclic) bond motifs is 1. The minimum atomic E-state index is -4.35. The fourth-order valence-electron chi connectivity index (χ4n) is 6.08. The van der Waals surface area contributed by atoms with Gasteiger partial charge in [0.15, 0.2) is 0 Å². The molecule has 2 amide bonds. The number of benzene rings is 2. The molecule has 7 nitrogen and oxygen atoms in total. The van der Waals surface area contributed by atoms with Crippen LogP contribution in [0.25, 0.3) is 0 Å². The zero-order chi connectivity index (χ0) is 28.5. The Labute approximate surface area is 232 Å². The van der Waals surface area contributed by atoms with Gasteiger partial charge >= 0.3 is 12.3 Å². The van der Waals surface area contributed by atoms with Crippen LogP contribution in [0, 0.1) is 11.8 Å². The van der Waals surface area contributed by atoms with E-state index in [4.69, 9.17) is 4.74 Å². The molecule has 0 aromatic heterocycles. The average molecular weight is 560 g/mol. The largest absolute Gasteiger partial charge is 0.449 e. The Bertz CT molecular complexity index is 1180. The second kappa shape index (κ2) is 11.3. The molecule has 1 N–H and O–H groups in total. The lowest BCUT2D eigenvalue weighted by Gasteiger charge is -2.38. The third kappa shape index (κ3) is 5.92. The van der Waals surface area contributed by atoms with E-state index in [1.807, 2.05) is 11.8 Å². The summed E-state index contributed by atoms with van der Waals surface area (Å²) in [7, 11) is 0. The standard InChI is InChI=1S/C30H36F3N3O4/c1-2-3-16-40-28(38)34-14-12-29(39,13-15-34)24-6-4-21(5-7-24)27(37)36-19-22-17-35(18-23(22)20-36)26-10-8-25(9-11-26)30(31,32)33/h4-11,22-23,39H,2-3,12-20H2,1H3. The Morgan fingerprint density at radius 3 is 2.08 bits per heavy atom. The molecule has 3 fully saturated rings. The number of ether oxygens (including phenoxy) is 1. The zero-order valence-corrected chi connectivity index (χ0v) is 22.7. The molecule has 2 atom stereocenters. The van der Waals surface area contributed by atoms with Crippen molar-refractivity contribution >= 4 is 17.7 Å². The number of amides is 2. The van der Waals surface area contributed by atoms with E-state index in [9.17, 15) is 27.9 Å². The number of aliphatic hydroxyl groups is 1. The van der Waals surface area contributed by atoms with E-state index in [2.05, 4.69) is 4.90 Å². The Morgan fingerprint density at radius 2 is 1.52 bits per heavy atom. The highest BCUT2D eigenvalue weighted by atomic mass is 19.4. The van der Waals surface area contributed by atoms with E-state index in [0.29, 0.717) is 64.3 Å². The fourth-order valence-corrected chi connectivity index (χ4v) is 6.08. The van der Waals surface area contributed by atoms with Gasteiger partial charge in [-0.15, -0.1) is 0 Å². The van der Waals surface area contributed by atoms with Gasteiger partial charge in [0, 0.05) is 62.4 Å². The van der Waals surface area contributed by atoms with Crippen molar-refractivity contribution in [2.75, 3.05) is 50.8 Å². The van der Waals surface area contributed by atoms with Gasteiger partial charge in [0.25, 0.3) is 5.91 Å². The van der Waals surface area contributed by atoms with E-state index in [1.54, 1.807) is 29.2 Å². The summed E-state index contributed by atoms with van der Waals surface area (Å²) in [5.74, 6) is 0.480. The van der Waals surface area contributed by atoms with Crippen LogP contribution >= 0.6 is 0 Å². The van der Waals surface area contributed by atoms with Crippen molar-refractivity contribution in [1.82, 2.24) is 9.80 Å². The molecule has 3 aliphatic heterocycles. The van der Waals surface area contributed by atoms with Crippen molar-refractivity contribution in [1.29, 1.82) is 0 Å². The van der Waals surface area contributed by atoms with Crippen LogP contribution in [0.5, 0.6) is 0 Å². The molecule has 0 spiro atoms. The number of hydrogen-bond donors (Lipinski definition) is 1. The third-order valence-corrected chi connectivity index (χ3v) is 8.57. The highest BCUT2D eigenvalue weighted by molar-refractivity contribution is 5.94. The monoisotopic (exact) mass is 559 g/mol. The second-order valence-corrected chi connectivity index (χ2v) is 11.2. The normalized spacial score (nSPS) is 22.4. The van der Waals surface area contributed by atoms with Gasteiger partial charge in [-0.1, -0.05) is 25.5 Å². The maximum atomic E-state index is 13.2. The van der Waals surface area contributed by atoms with Gasteiger partial charge in [-0.25, -0.2) is 4.79 Å². The van der Waals surface area contributed by atoms with Crippen molar-refractivity contribution in [2.45, 2.75) is 44.4 Å². The lowest BCUT2D eigenvalue weighted by Crippen LogP contribution is -2.45. The second-order valence-electron chi connectivity index (χ2n) is 11.2. The summed E-state index contributed by atoms with van der Waals surface area (Å²) >= 11 is 0. The number of likely N-dealkylation sites (tertiary alicyclic amines) is 2. The topological polar surface area (TPSA) is 73.3 Å². The Kier molecular flexibility index (Phi) is 7.99. The average Bonchev–Trinajstić information content (AvgIpc) is 3.53. The quantitative estimate of drug-likeness (QED) is 0.497. The van der Waals surface area contributed by atoms with Gasteiger partial charge in [-0.2, -0.15) is 13.2 Å². The summed E-state index contributed by atoms with van der Waals surface area (Å²) in [5, 5.41) is 11.2. The molecule has 2 aromatic carbocycles. The van der Waals surface area contributed by atoms with E-state index in [-0.39, 0.29) is 23.8 Å². The molecule has 216 valence electrons. The van der Waals surface area contributed by atoms with Gasteiger partial charge in [-0.05, 0) is 61.2 Å². The number of unbranched alkanes of at least 4 members (excludes halogenated alkanes) is 1. The van der Waals surface area contributed by atoms with E-state index >= 15 is 0 Å². The number of anilines is 1. The van der Waals surface area contributed by atoms with E-state index < -0.39 is 17.3 Å². The smallest absolute Gasteiger partial charge is 0.416 e. The highest BCUT2D eigenvalue weighted by Crippen LogP contribution is 2.37. The van der Waals surface area contributed by atoms with Crippen LogP contribution in [-0.4, -0.2) is 72.8 Å². The highest BCUT2D eigenvalue weighted by Gasteiger charge is 2.42. The molecule has 5 rings (SSSR count). The minimum absolute atomic E-state index is 0.0568. The summed E-state index contributed by atoms with van der Waals surface area (Å²) in [5.41, 5.74) is 0.345. The number of piperidine rings is 1. The Balaban J connectivity index is 1.13. The van der Waals surface area contributed by atoms with Gasteiger partial charge in [0.2, 0.25) is 0 Å². The molecule has 0 aliphatic carbocycles. The van der Waals surface area contributed by atoms with Crippen molar-refractivity contribution < 1.29 is 32.6 Å². The fraction of sp³-hybridized carbons (Fsp3) is 0.533. The number of rotatable bonds is 6. The first-order valence-electron chi connectivity index (χ1n) is 14.0. The summed E-state index contributed by atoms with van der Waals surface area (Å²) in [4.78, 5) is 31.0. The van der Waals surface area contributed by atoms with Crippen molar-refractivity contribution in [3.8, 4) is 0 Å². The summed E-state index contributed by atoms with van der Waals surface area (Å²) in [6.07, 6.45) is -2.11. The zero-order valence-electron chi connectivity index (χ0n) is 22.7. The van der Waals surface area contributed by atoms with Crippen molar-refractivity contribution in [3.05, 3.63) is 65.2 Å². The molecule has 10 heteroatoms. The predicted molar refractivity (Wildman–Crippen MR) is 144 cm³/mol. The van der Waals surface area contributed by atoms with Crippen LogP contribution in [0.1, 0.15) is 54.1 Å². The molecule has 0 saturated carbocycles. The first-order valence-corrected chi connectivity index (χ1v) is 14.0. The summed E-state index contributed by atoms with van der Waals surface area (Å²) < 4.78 is 43.9. The van der Waals surface area contributed by atoms with Crippen molar-refractivity contribution in [2.24, 2.45) is 11.8 Å². The third-order valence-electron chi connectivity index (χ3n) is 8.57. The van der Waals surface area contributed by atoms with E-state index in [1.165, 1.54) is 12.1 Å². The summed E-state index contributed by atoms with van der Waals surface area (Å²) in [6.45, 7) is 5.87. The van der Waals surface area contributed by atoms with Crippen LogP contribution in [-0.2, 0) is 16.5 Å². The van der Waals surface area contributed by atoms with Crippen LogP contribution in [0.3, 0.4) is 0 Å².